The molecule has 0 saturated heterocycles. The van der Waals surface area contributed by atoms with Gasteiger partial charge in [-0.3, -0.25) is 9.59 Å². The largest absolute Gasteiger partial charge is 0.506 e. The Morgan fingerprint density at radius 3 is 2.41 bits per heavy atom. The number of benzene rings is 1. The average molecular weight is 377 g/mol. The summed E-state index contributed by atoms with van der Waals surface area (Å²) in [6, 6.07) is 4.27. The van der Waals surface area contributed by atoms with Crippen LogP contribution in [0.15, 0.2) is 29.2 Å². The molecule has 0 radical (unpaired) electrons. The van der Waals surface area contributed by atoms with Crippen LogP contribution in [0.5, 0.6) is 17.2 Å². The van der Waals surface area contributed by atoms with Gasteiger partial charge in [0.25, 0.3) is 5.56 Å². The molecule has 0 unspecified atom stereocenters. The summed E-state index contributed by atoms with van der Waals surface area (Å²) < 4.78 is 14.2. The minimum Gasteiger partial charge on any atom is -0.506 e. The normalized spacial score (nSPS) is 11.5. The van der Waals surface area contributed by atoms with Gasteiger partial charge in [0.05, 0.1) is 33.3 Å². The van der Waals surface area contributed by atoms with E-state index in [9.17, 15) is 24.6 Å². The number of hydrogen-bond acceptors (Lipinski definition) is 8. The fourth-order valence-corrected chi connectivity index (χ4v) is 2.69. The minimum absolute atomic E-state index is 0.192. The van der Waals surface area contributed by atoms with Crippen molar-refractivity contribution in [3.05, 3.63) is 51.4 Å². The second kappa shape index (κ2) is 8.26. The van der Waals surface area contributed by atoms with Gasteiger partial charge in [-0.2, -0.15) is 0 Å². The summed E-state index contributed by atoms with van der Waals surface area (Å²) in [5.74, 6) is -3.16. The lowest BCUT2D eigenvalue weighted by molar-refractivity contribution is -0.140. The number of phenols is 1. The zero-order valence-corrected chi connectivity index (χ0v) is 14.9. The molecule has 0 aliphatic heterocycles. The highest BCUT2D eigenvalue weighted by Gasteiger charge is 2.28. The average Bonchev–Trinajstić information content (AvgIpc) is 2.66. The van der Waals surface area contributed by atoms with Gasteiger partial charge in [0, 0.05) is 12.1 Å². The molecule has 3 N–H and O–H groups in total. The van der Waals surface area contributed by atoms with Crippen molar-refractivity contribution in [2.45, 2.75) is 12.3 Å². The van der Waals surface area contributed by atoms with Crippen molar-refractivity contribution in [3.63, 3.8) is 0 Å². The Hall–Kier alpha value is -3.49. The molecule has 0 fully saturated rings. The Labute approximate surface area is 154 Å². The molecule has 1 atom stereocenters. The number of ether oxygens (including phenoxy) is 3. The highest BCUT2D eigenvalue weighted by atomic mass is 16.5. The molecule has 9 nitrogen and oxygen atoms in total. The number of aromatic hydroxyl groups is 2. The molecule has 0 spiro atoms. The van der Waals surface area contributed by atoms with Crippen molar-refractivity contribution in [1.82, 2.24) is 4.98 Å². The molecule has 0 bridgehead atoms. The third-order valence-electron chi connectivity index (χ3n) is 4.06. The van der Waals surface area contributed by atoms with Gasteiger partial charge in [0.1, 0.15) is 11.3 Å². The Morgan fingerprint density at radius 2 is 1.85 bits per heavy atom. The number of aromatic amines is 1. The molecule has 1 heterocycles. The van der Waals surface area contributed by atoms with Crippen LogP contribution in [0.4, 0.5) is 0 Å². The fraction of sp³-hybridized carbons (Fsp3) is 0.278. The van der Waals surface area contributed by atoms with Gasteiger partial charge in [-0.05, 0) is 17.7 Å². The van der Waals surface area contributed by atoms with E-state index in [0.717, 1.165) is 13.3 Å². The maximum atomic E-state index is 12.4. The van der Waals surface area contributed by atoms with Crippen molar-refractivity contribution >= 4 is 11.9 Å². The van der Waals surface area contributed by atoms with E-state index in [1.54, 1.807) is 0 Å². The molecule has 1 aromatic heterocycles. The zero-order valence-electron chi connectivity index (χ0n) is 14.9. The first kappa shape index (κ1) is 19.8. The number of H-pyrrole nitrogens is 1. The first-order valence-electron chi connectivity index (χ1n) is 7.80. The molecular formula is C18H19NO8. The summed E-state index contributed by atoms with van der Waals surface area (Å²) >= 11 is 0. The maximum Gasteiger partial charge on any atom is 0.343 e. The number of methoxy groups -OCH3 is 3. The number of hydrogen-bond donors (Lipinski definition) is 3. The van der Waals surface area contributed by atoms with Crippen LogP contribution in [0.1, 0.15) is 33.8 Å². The molecule has 27 heavy (non-hydrogen) atoms. The summed E-state index contributed by atoms with van der Waals surface area (Å²) in [5, 5.41) is 20.5. The smallest absolute Gasteiger partial charge is 0.343 e. The predicted octanol–water partition coefficient (Wildman–Crippen LogP) is 1.28. The number of carbonyl (C=O) groups excluding carboxylic acids is 2. The standard InChI is InChI=1S/C18H19NO8/c1-25-13-5-4-9(6-12(13)20)10(7-14(21)26-2)15-16(22)11(18(24)27-3)8-19-17(15)23/h4-6,8,10,20H,7H2,1-3H3,(H2,19,22,23)/t10-/m0/s1. The van der Waals surface area contributed by atoms with E-state index in [-0.39, 0.29) is 29.0 Å². The van der Waals surface area contributed by atoms with Crippen LogP contribution in [0.2, 0.25) is 0 Å². The van der Waals surface area contributed by atoms with E-state index < -0.39 is 29.2 Å². The maximum absolute atomic E-state index is 12.4. The molecule has 144 valence electrons. The number of carbonyl (C=O) groups is 2. The molecule has 0 saturated carbocycles. The first-order valence-corrected chi connectivity index (χ1v) is 7.80. The zero-order chi connectivity index (χ0) is 20.1. The lowest BCUT2D eigenvalue weighted by atomic mass is 9.87. The topological polar surface area (TPSA) is 135 Å². The fourth-order valence-electron chi connectivity index (χ4n) is 2.69. The number of nitrogens with one attached hydrogen (secondary N) is 1. The third kappa shape index (κ3) is 4.02. The predicted molar refractivity (Wildman–Crippen MR) is 93.2 cm³/mol. The molecule has 0 aliphatic rings. The minimum atomic E-state index is -0.998. The van der Waals surface area contributed by atoms with Crippen LogP contribution in [-0.4, -0.2) is 48.5 Å². The lowest BCUT2D eigenvalue weighted by Crippen LogP contribution is -2.22. The van der Waals surface area contributed by atoms with Gasteiger partial charge in [-0.1, -0.05) is 6.07 Å². The van der Waals surface area contributed by atoms with Crippen LogP contribution < -0.4 is 10.3 Å². The van der Waals surface area contributed by atoms with E-state index >= 15 is 0 Å². The van der Waals surface area contributed by atoms with Gasteiger partial charge in [0.15, 0.2) is 11.5 Å². The van der Waals surface area contributed by atoms with E-state index in [0.29, 0.717) is 5.56 Å². The number of esters is 2. The highest BCUT2D eigenvalue weighted by molar-refractivity contribution is 5.92. The Balaban J connectivity index is 2.68. The first-order chi connectivity index (χ1) is 12.8. The van der Waals surface area contributed by atoms with Crippen molar-refractivity contribution in [2.24, 2.45) is 0 Å². The molecule has 2 rings (SSSR count). The number of phenolic OH excluding ortho intramolecular Hbond substituents is 1. The van der Waals surface area contributed by atoms with Gasteiger partial charge in [-0.15, -0.1) is 0 Å². The van der Waals surface area contributed by atoms with E-state index in [2.05, 4.69) is 14.5 Å². The summed E-state index contributed by atoms with van der Waals surface area (Å²) in [6.07, 6.45) is 0.706. The second-order valence-corrected chi connectivity index (χ2v) is 5.55. The van der Waals surface area contributed by atoms with Crippen molar-refractivity contribution < 1.29 is 34.0 Å². The third-order valence-corrected chi connectivity index (χ3v) is 4.06. The highest BCUT2D eigenvalue weighted by Crippen LogP contribution is 2.37. The van der Waals surface area contributed by atoms with Crippen molar-refractivity contribution in [2.75, 3.05) is 21.3 Å². The van der Waals surface area contributed by atoms with Crippen LogP contribution >= 0.6 is 0 Å². The van der Waals surface area contributed by atoms with E-state index in [1.807, 2.05) is 0 Å². The van der Waals surface area contributed by atoms with Crippen molar-refractivity contribution in [3.8, 4) is 17.2 Å². The summed E-state index contributed by atoms with van der Waals surface area (Å²) in [4.78, 5) is 38.4. The van der Waals surface area contributed by atoms with E-state index in [1.165, 1.54) is 32.4 Å². The second-order valence-electron chi connectivity index (χ2n) is 5.55. The summed E-state index contributed by atoms with van der Waals surface area (Å²) in [5.41, 5.74) is -0.863. The van der Waals surface area contributed by atoms with Crippen LogP contribution in [0.3, 0.4) is 0 Å². The van der Waals surface area contributed by atoms with Gasteiger partial charge >= 0.3 is 11.9 Å². The Bertz CT molecular complexity index is 918. The van der Waals surface area contributed by atoms with Gasteiger partial charge < -0.3 is 29.4 Å². The number of rotatable bonds is 6. The Morgan fingerprint density at radius 1 is 1.15 bits per heavy atom. The molecule has 2 aromatic rings. The monoisotopic (exact) mass is 377 g/mol. The van der Waals surface area contributed by atoms with Crippen LogP contribution in [0.25, 0.3) is 0 Å². The van der Waals surface area contributed by atoms with Crippen LogP contribution in [0, 0.1) is 0 Å². The molecular weight excluding hydrogens is 358 g/mol. The quantitative estimate of drug-likeness (QED) is 0.641. The molecule has 0 aliphatic carbocycles. The Kier molecular flexibility index (Phi) is 6.07. The molecule has 1 aromatic carbocycles. The SMILES string of the molecule is COC(=O)C[C@@H](c1ccc(OC)c(O)c1)c1c(O)c(C(=O)OC)c[nH]c1=O. The van der Waals surface area contributed by atoms with Gasteiger partial charge in [0.2, 0.25) is 0 Å². The van der Waals surface area contributed by atoms with Crippen molar-refractivity contribution in [1.29, 1.82) is 0 Å². The summed E-state index contributed by atoms with van der Waals surface area (Å²) in [7, 11) is 3.68. The summed E-state index contributed by atoms with van der Waals surface area (Å²) in [6.45, 7) is 0. The van der Waals surface area contributed by atoms with E-state index in [4.69, 9.17) is 4.74 Å². The number of pyridine rings is 1. The number of aromatic nitrogens is 1. The lowest BCUT2D eigenvalue weighted by Gasteiger charge is -2.19. The van der Waals surface area contributed by atoms with Crippen LogP contribution in [-0.2, 0) is 14.3 Å². The van der Waals surface area contributed by atoms with Gasteiger partial charge in [-0.25, -0.2) is 4.79 Å². The molecule has 0 amide bonds. The molecule has 9 heteroatoms.